The fraction of sp³-hybridized carbons (Fsp3) is 0.385. The zero-order valence-electron chi connectivity index (χ0n) is 18.5. The van der Waals surface area contributed by atoms with Crippen molar-refractivity contribution in [2.24, 2.45) is 5.41 Å². The van der Waals surface area contributed by atoms with Crippen LogP contribution in [0.1, 0.15) is 29.9 Å². The van der Waals surface area contributed by atoms with Gasteiger partial charge in [-0.1, -0.05) is 54.5 Å². The molecular weight excluding hydrogens is 404 g/mol. The summed E-state index contributed by atoms with van der Waals surface area (Å²) in [6, 6.07) is 14.9. The standard InChI is InChI=1S/C26H28N2O4/c1-4-26(14-9-15-28(2,3)17-26)23(24(29)30)27-25(31)32-16-22-20-12-7-5-10-18(20)19-11-6-8-13-21(19)22/h1,5-8,10-13,22-23H,9,14-17H2,2-3H3,(H-,27,29,30,31)/p+1/t23-,26-/m0/s1. The number of likely N-dealkylation sites (tertiary alicyclic amines) is 1. The number of nitrogens with one attached hydrogen (secondary N) is 1. The van der Waals surface area contributed by atoms with Crippen LogP contribution in [0.4, 0.5) is 4.79 Å². The molecule has 6 heteroatoms. The average Bonchev–Trinajstić information content (AvgIpc) is 3.09. The topological polar surface area (TPSA) is 75.6 Å². The summed E-state index contributed by atoms with van der Waals surface area (Å²) >= 11 is 0. The van der Waals surface area contributed by atoms with Gasteiger partial charge in [0.2, 0.25) is 0 Å². The minimum atomic E-state index is -1.21. The quantitative estimate of drug-likeness (QED) is 0.559. The molecule has 0 aromatic heterocycles. The summed E-state index contributed by atoms with van der Waals surface area (Å²) in [5.41, 5.74) is 3.51. The number of carbonyl (C=O) groups is 2. The highest BCUT2D eigenvalue weighted by molar-refractivity contribution is 5.82. The number of carboxylic acids is 1. The maximum atomic E-state index is 12.7. The van der Waals surface area contributed by atoms with E-state index in [4.69, 9.17) is 11.2 Å². The Kier molecular flexibility index (Phi) is 5.70. The number of amides is 1. The summed E-state index contributed by atoms with van der Waals surface area (Å²) in [7, 11) is 4.05. The fourth-order valence-electron chi connectivity index (χ4n) is 5.38. The van der Waals surface area contributed by atoms with Crippen LogP contribution >= 0.6 is 0 Å². The number of benzene rings is 2. The molecule has 2 aromatic carbocycles. The van der Waals surface area contributed by atoms with E-state index in [0.29, 0.717) is 17.4 Å². The second-order valence-electron chi connectivity index (χ2n) is 9.46. The summed E-state index contributed by atoms with van der Waals surface area (Å²) < 4.78 is 6.18. The van der Waals surface area contributed by atoms with Crippen molar-refractivity contribution in [1.82, 2.24) is 5.32 Å². The minimum absolute atomic E-state index is 0.0942. The smallest absolute Gasteiger partial charge is 0.407 e. The summed E-state index contributed by atoms with van der Waals surface area (Å²) in [6.07, 6.45) is 6.42. The van der Waals surface area contributed by atoms with Gasteiger partial charge in [0.25, 0.3) is 0 Å². The van der Waals surface area contributed by atoms with E-state index in [2.05, 4.69) is 23.4 Å². The normalized spacial score (nSPS) is 22.2. The lowest BCUT2D eigenvalue weighted by Gasteiger charge is -2.45. The molecule has 2 N–H and O–H groups in total. The van der Waals surface area contributed by atoms with Crippen LogP contribution in [0.3, 0.4) is 0 Å². The van der Waals surface area contributed by atoms with Gasteiger partial charge in [-0.05, 0) is 35.1 Å². The number of rotatable bonds is 5. The van der Waals surface area contributed by atoms with Crippen molar-refractivity contribution in [3.63, 3.8) is 0 Å². The van der Waals surface area contributed by atoms with E-state index < -0.39 is 23.5 Å². The molecule has 32 heavy (non-hydrogen) atoms. The van der Waals surface area contributed by atoms with Crippen molar-refractivity contribution in [3.8, 4) is 23.5 Å². The Morgan fingerprint density at radius 3 is 2.31 bits per heavy atom. The number of carboxylic acid groups (broad SMARTS) is 1. The lowest BCUT2D eigenvalue weighted by Crippen LogP contribution is -2.62. The van der Waals surface area contributed by atoms with Crippen molar-refractivity contribution in [2.45, 2.75) is 24.8 Å². The summed E-state index contributed by atoms with van der Waals surface area (Å²) in [5.74, 6) is 1.48. The second kappa shape index (κ2) is 8.33. The second-order valence-corrected chi connectivity index (χ2v) is 9.46. The number of aliphatic carboxylic acids is 1. The third-order valence-corrected chi connectivity index (χ3v) is 6.79. The first kappa shape index (κ1) is 21.9. The molecule has 0 unspecified atom stereocenters. The molecule has 1 aliphatic carbocycles. The van der Waals surface area contributed by atoms with Crippen molar-refractivity contribution >= 4 is 12.1 Å². The summed E-state index contributed by atoms with van der Waals surface area (Å²) in [4.78, 5) is 24.9. The van der Waals surface area contributed by atoms with Gasteiger partial charge in [-0.2, -0.15) is 0 Å². The lowest BCUT2D eigenvalue weighted by atomic mass is 9.73. The van der Waals surface area contributed by atoms with E-state index in [9.17, 15) is 14.7 Å². The van der Waals surface area contributed by atoms with Crippen LogP contribution in [0, 0.1) is 17.8 Å². The number of nitrogens with zero attached hydrogens (tertiary/aromatic N) is 1. The van der Waals surface area contributed by atoms with Crippen LogP contribution in [0.25, 0.3) is 11.1 Å². The Morgan fingerprint density at radius 2 is 1.78 bits per heavy atom. The molecule has 0 radical (unpaired) electrons. The van der Waals surface area contributed by atoms with Gasteiger partial charge < -0.3 is 19.6 Å². The van der Waals surface area contributed by atoms with Crippen LogP contribution < -0.4 is 5.32 Å². The molecule has 2 aromatic rings. The molecule has 1 heterocycles. The molecule has 1 saturated heterocycles. The van der Waals surface area contributed by atoms with E-state index in [1.807, 2.05) is 50.5 Å². The van der Waals surface area contributed by atoms with Gasteiger partial charge in [-0.3, -0.25) is 0 Å². The first-order valence-electron chi connectivity index (χ1n) is 10.9. The van der Waals surface area contributed by atoms with Gasteiger partial charge in [0.15, 0.2) is 6.04 Å². The first-order valence-corrected chi connectivity index (χ1v) is 10.9. The number of quaternary nitrogens is 1. The average molecular weight is 434 g/mol. The summed E-state index contributed by atoms with van der Waals surface area (Å²) in [6.45, 7) is 1.52. The Morgan fingerprint density at radius 1 is 1.19 bits per heavy atom. The number of hydrogen-bond donors (Lipinski definition) is 2. The zero-order valence-corrected chi connectivity index (χ0v) is 18.5. The van der Waals surface area contributed by atoms with E-state index in [-0.39, 0.29) is 12.5 Å². The van der Waals surface area contributed by atoms with Crippen LogP contribution in [0.2, 0.25) is 0 Å². The molecule has 2 atom stereocenters. The third-order valence-electron chi connectivity index (χ3n) is 6.79. The van der Waals surface area contributed by atoms with Crippen molar-refractivity contribution in [1.29, 1.82) is 0 Å². The Labute approximate surface area is 188 Å². The number of piperidine rings is 1. The van der Waals surface area contributed by atoms with Gasteiger partial charge >= 0.3 is 12.1 Å². The molecule has 2 aliphatic rings. The predicted octanol–water partition coefficient (Wildman–Crippen LogP) is 3.47. The van der Waals surface area contributed by atoms with Gasteiger partial charge in [0.1, 0.15) is 12.0 Å². The molecule has 1 amide bonds. The zero-order chi connectivity index (χ0) is 22.9. The minimum Gasteiger partial charge on any atom is -0.480 e. The summed E-state index contributed by atoms with van der Waals surface area (Å²) in [5, 5.41) is 12.5. The SMILES string of the molecule is C#C[C@]1([C@@H](NC(=O)OCC2c3ccccc3-c3ccccc32)C(=O)O)CCC[N+](C)(C)C1. The molecule has 0 saturated carbocycles. The van der Waals surface area contributed by atoms with Gasteiger partial charge in [-0.15, -0.1) is 6.42 Å². The molecule has 6 nitrogen and oxygen atoms in total. The number of carbonyl (C=O) groups excluding carboxylic acids is 1. The highest BCUT2D eigenvalue weighted by Gasteiger charge is 2.50. The van der Waals surface area contributed by atoms with Gasteiger partial charge in [0.05, 0.1) is 27.2 Å². The van der Waals surface area contributed by atoms with E-state index in [1.165, 1.54) is 0 Å². The number of hydrogen-bond acceptors (Lipinski definition) is 3. The van der Waals surface area contributed by atoms with Crippen molar-refractivity contribution < 1.29 is 23.9 Å². The Balaban J connectivity index is 1.50. The number of terminal acetylenes is 1. The molecule has 4 rings (SSSR count). The third kappa shape index (κ3) is 3.96. The molecule has 0 spiro atoms. The highest BCUT2D eigenvalue weighted by atomic mass is 16.5. The Hall–Kier alpha value is -3.30. The number of alkyl carbamates (subject to hydrolysis) is 1. The van der Waals surface area contributed by atoms with Crippen LogP contribution in [-0.4, -0.2) is 61.5 Å². The van der Waals surface area contributed by atoms with Gasteiger partial charge in [0, 0.05) is 5.92 Å². The lowest BCUT2D eigenvalue weighted by molar-refractivity contribution is -0.901. The Bertz CT molecular complexity index is 1040. The maximum absolute atomic E-state index is 12.7. The molecule has 166 valence electrons. The monoisotopic (exact) mass is 433 g/mol. The van der Waals surface area contributed by atoms with Crippen molar-refractivity contribution in [3.05, 3.63) is 59.7 Å². The molecule has 1 fully saturated rings. The van der Waals surface area contributed by atoms with Gasteiger partial charge in [-0.25, -0.2) is 9.59 Å². The number of ether oxygens (including phenoxy) is 1. The molecular formula is C26H29N2O4+. The fourth-order valence-corrected chi connectivity index (χ4v) is 5.38. The maximum Gasteiger partial charge on any atom is 0.407 e. The van der Waals surface area contributed by atoms with Crippen molar-refractivity contribution in [2.75, 3.05) is 33.8 Å². The first-order chi connectivity index (χ1) is 15.3. The van der Waals surface area contributed by atoms with E-state index in [1.54, 1.807) is 0 Å². The largest absolute Gasteiger partial charge is 0.480 e. The van der Waals surface area contributed by atoms with Crippen LogP contribution in [-0.2, 0) is 9.53 Å². The van der Waals surface area contributed by atoms with Crippen LogP contribution in [0.5, 0.6) is 0 Å². The molecule has 0 bridgehead atoms. The van der Waals surface area contributed by atoms with Crippen LogP contribution in [0.15, 0.2) is 48.5 Å². The van der Waals surface area contributed by atoms with E-state index in [0.717, 1.165) is 35.2 Å². The van der Waals surface area contributed by atoms with E-state index >= 15 is 0 Å². The number of fused-ring (bicyclic) bond motifs is 3. The predicted molar refractivity (Wildman–Crippen MR) is 122 cm³/mol. The highest BCUT2D eigenvalue weighted by Crippen LogP contribution is 2.44. The molecule has 1 aliphatic heterocycles.